The molecule has 0 radical (unpaired) electrons. The number of ether oxygens (including phenoxy) is 1. The van der Waals surface area contributed by atoms with Gasteiger partial charge in [0.1, 0.15) is 6.10 Å². The van der Waals surface area contributed by atoms with Gasteiger partial charge >= 0.3 is 0 Å². The van der Waals surface area contributed by atoms with Crippen LogP contribution in [0.1, 0.15) is 37.4 Å². The Labute approximate surface area is 119 Å². The summed E-state index contributed by atoms with van der Waals surface area (Å²) >= 11 is 0. The maximum absolute atomic E-state index is 12.2. The van der Waals surface area contributed by atoms with Crippen molar-refractivity contribution in [2.24, 2.45) is 0 Å². The quantitative estimate of drug-likeness (QED) is 0.835. The summed E-state index contributed by atoms with van der Waals surface area (Å²) in [6.45, 7) is 2.24. The standard InChI is InChI=1S/C15H23N3O2/c1-17-8-9-20-15(11-17)14(19)10-12-6-7-18(16-12)13-4-2-3-5-13/h6-7,13,15H,2-5,8-11H2,1H3. The molecule has 5 heteroatoms. The van der Waals surface area contributed by atoms with Crippen LogP contribution in [0, 0.1) is 0 Å². The van der Waals surface area contributed by atoms with E-state index in [2.05, 4.69) is 10.00 Å². The molecule has 1 atom stereocenters. The van der Waals surface area contributed by atoms with Crippen molar-refractivity contribution in [2.45, 2.75) is 44.2 Å². The average Bonchev–Trinajstić information content (AvgIpc) is 3.08. The molecule has 0 aromatic carbocycles. The Balaban J connectivity index is 1.58. The van der Waals surface area contributed by atoms with Crippen molar-refractivity contribution < 1.29 is 9.53 Å². The van der Waals surface area contributed by atoms with Crippen LogP contribution in [-0.2, 0) is 16.0 Å². The first-order valence-electron chi connectivity index (χ1n) is 7.59. The number of hydrogen-bond acceptors (Lipinski definition) is 4. The zero-order valence-corrected chi connectivity index (χ0v) is 12.1. The van der Waals surface area contributed by atoms with Gasteiger partial charge in [0.05, 0.1) is 24.8 Å². The minimum absolute atomic E-state index is 0.147. The van der Waals surface area contributed by atoms with Crippen molar-refractivity contribution in [3.05, 3.63) is 18.0 Å². The Kier molecular flexibility index (Phi) is 4.17. The molecule has 110 valence electrons. The summed E-state index contributed by atoms with van der Waals surface area (Å²) < 4.78 is 7.61. The minimum Gasteiger partial charge on any atom is -0.368 e. The largest absolute Gasteiger partial charge is 0.368 e. The van der Waals surface area contributed by atoms with E-state index in [1.54, 1.807) is 0 Å². The SMILES string of the molecule is CN1CCOC(C(=O)Cc2ccn(C3CCCC3)n2)C1. The van der Waals surface area contributed by atoms with Crippen molar-refractivity contribution in [1.29, 1.82) is 0 Å². The maximum Gasteiger partial charge on any atom is 0.168 e. The lowest BCUT2D eigenvalue weighted by atomic mass is 10.1. The van der Waals surface area contributed by atoms with Crippen LogP contribution < -0.4 is 0 Å². The summed E-state index contributed by atoms with van der Waals surface area (Å²) in [5, 5.41) is 4.57. The van der Waals surface area contributed by atoms with Crippen molar-refractivity contribution >= 4 is 5.78 Å². The molecule has 3 rings (SSSR count). The van der Waals surface area contributed by atoms with Gasteiger partial charge in [-0.05, 0) is 26.0 Å². The van der Waals surface area contributed by atoms with Gasteiger partial charge in [-0.2, -0.15) is 5.10 Å². The molecule has 0 spiro atoms. The highest BCUT2D eigenvalue weighted by Crippen LogP contribution is 2.28. The Hall–Kier alpha value is -1.20. The van der Waals surface area contributed by atoms with E-state index in [-0.39, 0.29) is 11.9 Å². The van der Waals surface area contributed by atoms with Gasteiger partial charge in [-0.3, -0.25) is 9.48 Å². The first-order valence-corrected chi connectivity index (χ1v) is 7.59. The smallest absolute Gasteiger partial charge is 0.168 e. The molecule has 2 heterocycles. The fourth-order valence-electron chi connectivity index (χ4n) is 3.11. The molecule has 1 aromatic heterocycles. The summed E-state index contributed by atoms with van der Waals surface area (Å²) in [6, 6.07) is 2.51. The molecule has 0 bridgehead atoms. The van der Waals surface area contributed by atoms with Gasteiger partial charge in [0.15, 0.2) is 5.78 Å². The third-order valence-corrected chi connectivity index (χ3v) is 4.35. The molecule has 1 aliphatic heterocycles. The highest BCUT2D eigenvalue weighted by Gasteiger charge is 2.25. The van der Waals surface area contributed by atoms with Crippen molar-refractivity contribution in [3.63, 3.8) is 0 Å². The number of carbonyl (C=O) groups is 1. The fourth-order valence-corrected chi connectivity index (χ4v) is 3.11. The number of aromatic nitrogens is 2. The number of carbonyl (C=O) groups excluding carboxylic acids is 1. The minimum atomic E-state index is -0.287. The molecule has 20 heavy (non-hydrogen) atoms. The maximum atomic E-state index is 12.2. The molecule has 1 aromatic rings. The van der Waals surface area contributed by atoms with E-state index in [0.29, 0.717) is 25.6 Å². The van der Waals surface area contributed by atoms with Gasteiger partial charge in [0.25, 0.3) is 0 Å². The van der Waals surface area contributed by atoms with Gasteiger partial charge in [-0.15, -0.1) is 0 Å². The lowest BCUT2D eigenvalue weighted by Crippen LogP contribution is -2.44. The van der Waals surface area contributed by atoms with Crippen LogP contribution in [0.15, 0.2) is 12.3 Å². The Morgan fingerprint density at radius 3 is 3.00 bits per heavy atom. The lowest BCUT2D eigenvalue weighted by molar-refractivity contribution is -0.134. The molecular formula is C15H23N3O2. The van der Waals surface area contributed by atoms with E-state index in [1.807, 2.05) is 24.0 Å². The topological polar surface area (TPSA) is 47.4 Å². The van der Waals surface area contributed by atoms with Crippen LogP contribution >= 0.6 is 0 Å². The second-order valence-corrected chi connectivity index (χ2v) is 5.99. The van der Waals surface area contributed by atoms with E-state index in [0.717, 1.165) is 12.2 Å². The molecule has 1 unspecified atom stereocenters. The zero-order chi connectivity index (χ0) is 13.9. The highest BCUT2D eigenvalue weighted by atomic mass is 16.5. The first-order chi connectivity index (χ1) is 9.72. The van der Waals surface area contributed by atoms with E-state index in [4.69, 9.17) is 4.74 Å². The number of Topliss-reactive ketones (excluding diaryl/α,β-unsaturated/α-hetero) is 1. The van der Waals surface area contributed by atoms with Gasteiger partial charge in [-0.1, -0.05) is 12.8 Å². The number of ketones is 1. The summed E-state index contributed by atoms with van der Waals surface area (Å²) in [7, 11) is 2.03. The molecule has 1 saturated carbocycles. The zero-order valence-electron chi connectivity index (χ0n) is 12.1. The number of hydrogen-bond donors (Lipinski definition) is 0. The predicted molar refractivity (Wildman–Crippen MR) is 75.7 cm³/mol. The van der Waals surface area contributed by atoms with E-state index >= 15 is 0 Å². The van der Waals surface area contributed by atoms with Gasteiger partial charge < -0.3 is 9.64 Å². The average molecular weight is 277 g/mol. The number of likely N-dealkylation sites (N-methyl/N-ethyl adjacent to an activating group) is 1. The summed E-state index contributed by atoms with van der Waals surface area (Å²) in [5.41, 5.74) is 0.874. The third kappa shape index (κ3) is 3.10. The monoisotopic (exact) mass is 277 g/mol. The third-order valence-electron chi connectivity index (χ3n) is 4.35. The Morgan fingerprint density at radius 2 is 2.25 bits per heavy atom. The van der Waals surface area contributed by atoms with Crippen molar-refractivity contribution in [1.82, 2.24) is 14.7 Å². The Morgan fingerprint density at radius 1 is 1.45 bits per heavy atom. The molecule has 0 amide bonds. The molecule has 5 nitrogen and oxygen atoms in total. The van der Waals surface area contributed by atoms with Crippen molar-refractivity contribution in [2.75, 3.05) is 26.7 Å². The molecule has 2 fully saturated rings. The molecular weight excluding hydrogens is 254 g/mol. The van der Waals surface area contributed by atoms with Crippen LogP contribution in [0.4, 0.5) is 0 Å². The molecule has 1 saturated heterocycles. The summed E-state index contributed by atoms with van der Waals surface area (Å²) in [6.07, 6.45) is 7.13. The number of rotatable bonds is 4. The fraction of sp³-hybridized carbons (Fsp3) is 0.733. The second-order valence-electron chi connectivity index (χ2n) is 5.99. The van der Waals surface area contributed by atoms with Crippen molar-refractivity contribution in [3.8, 4) is 0 Å². The van der Waals surface area contributed by atoms with E-state index in [1.165, 1.54) is 25.7 Å². The molecule has 2 aliphatic rings. The van der Waals surface area contributed by atoms with E-state index < -0.39 is 0 Å². The first kappa shape index (κ1) is 13.8. The van der Waals surface area contributed by atoms with Gasteiger partial charge in [0, 0.05) is 19.3 Å². The Bertz CT molecular complexity index is 465. The van der Waals surface area contributed by atoms with Crippen LogP contribution in [0.25, 0.3) is 0 Å². The van der Waals surface area contributed by atoms with Crippen LogP contribution in [0.3, 0.4) is 0 Å². The number of nitrogens with zero attached hydrogens (tertiary/aromatic N) is 3. The van der Waals surface area contributed by atoms with Gasteiger partial charge in [-0.25, -0.2) is 0 Å². The number of morpholine rings is 1. The van der Waals surface area contributed by atoms with Crippen LogP contribution in [-0.4, -0.2) is 53.3 Å². The molecule has 1 aliphatic carbocycles. The predicted octanol–water partition coefficient (Wildman–Crippen LogP) is 1.44. The molecule has 0 N–H and O–H groups in total. The summed E-state index contributed by atoms with van der Waals surface area (Å²) in [5.74, 6) is 0.147. The van der Waals surface area contributed by atoms with Crippen LogP contribution in [0.5, 0.6) is 0 Å². The van der Waals surface area contributed by atoms with E-state index in [9.17, 15) is 4.79 Å². The van der Waals surface area contributed by atoms with Gasteiger partial charge in [0.2, 0.25) is 0 Å². The second kappa shape index (κ2) is 6.06. The highest BCUT2D eigenvalue weighted by molar-refractivity contribution is 5.85. The van der Waals surface area contributed by atoms with Crippen LogP contribution in [0.2, 0.25) is 0 Å². The lowest BCUT2D eigenvalue weighted by Gasteiger charge is -2.28. The normalized spacial score (nSPS) is 25.1. The summed E-state index contributed by atoms with van der Waals surface area (Å²) in [4.78, 5) is 14.4.